The molecule has 1 amide bonds. The normalized spacial score (nSPS) is 18.2. The predicted octanol–water partition coefficient (Wildman–Crippen LogP) is 3.05. The summed E-state index contributed by atoms with van der Waals surface area (Å²) in [7, 11) is 0. The number of halogens is 1. The number of nitrogens with one attached hydrogen (secondary N) is 1. The van der Waals surface area contributed by atoms with Gasteiger partial charge >= 0.3 is 0 Å². The molecule has 2 aromatic rings. The van der Waals surface area contributed by atoms with Crippen molar-refractivity contribution in [2.45, 2.75) is 52.0 Å². The van der Waals surface area contributed by atoms with Gasteiger partial charge in [-0.3, -0.25) is 9.89 Å². The molecule has 0 unspecified atom stereocenters. The van der Waals surface area contributed by atoms with Gasteiger partial charge in [-0.25, -0.2) is 15.0 Å². The molecule has 0 bridgehead atoms. The number of carbonyl (C=O) groups is 1. The lowest BCUT2D eigenvalue weighted by Crippen LogP contribution is -2.39. The van der Waals surface area contributed by atoms with Gasteiger partial charge in [0.15, 0.2) is 11.5 Å². The van der Waals surface area contributed by atoms with Crippen molar-refractivity contribution in [2.24, 2.45) is 0 Å². The lowest BCUT2D eigenvalue weighted by atomic mass is 10.0. The van der Waals surface area contributed by atoms with Gasteiger partial charge in [0.25, 0.3) is 5.91 Å². The minimum Gasteiger partial charge on any atom is -0.327 e. The van der Waals surface area contributed by atoms with Crippen LogP contribution in [0.25, 0.3) is 0 Å². The number of amides is 1. The second-order valence-electron chi connectivity index (χ2n) is 6.37. The summed E-state index contributed by atoms with van der Waals surface area (Å²) in [6, 6.07) is -0.148. The first-order chi connectivity index (χ1) is 11.5. The molecular formula is C16H21ClN6O. The van der Waals surface area contributed by atoms with Crippen LogP contribution in [0.2, 0.25) is 5.02 Å². The van der Waals surface area contributed by atoms with Crippen LogP contribution >= 0.6 is 11.6 Å². The van der Waals surface area contributed by atoms with Crippen molar-refractivity contribution in [1.82, 2.24) is 30.0 Å². The monoisotopic (exact) mass is 348 g/mol. The van der Waals surface area contributed by atoms with Crippen LogP contribution in [0.4, 0.5) is 0 Å². The number of aromatic amines is 1. The molecule has 1 aliphatic heterocycles. The van der Waals surface area contributed by atoms with Crippen molar-refractivity contribution < 1.29 is 4.79 Å². The maximum atomic E-state index is 13.1. The lowest BCUT2D eigenvalue weighted by Gasteiger charge is -2.34. The van der Waals surface area contributed by atoms with Gasteiger partial charge < -0.3 is 4.90 Å². The van der Waals surface area contributed by atoms with E-state index in [-0.39, 0.29) is 28.6 Å². The van der Waals surface area contributed by atoms with Crippen molar-refractivity contribution >= 4 is 17.5 Å². The van der Waals surface area contributed by atoms with Crippen molar-refractivity contribution in [2.75, 3.05) is 6.54 Å². The number of hydrogen-bond acceptors (Lipinski definition) is 5. The Labute approximate surface area is 145 Å². The number of H-pyrrole nitrogens is 1. The fourth-order valence-corrected chi connectivity index (χ4v) is 3.07. The molecule has 8 heteroatoms. The highest BCUT2D eigenvalue weighted by atomic mass is 35.5. The maximum Gasteiger partial charge on any atom is 0.274 e. The van der Waals surface area contributed by atoms with Crippen LogP contribution in [0, 0.1) is 6.92 Å². The van der Waals surface area contributed by atoms with E-state index in [9.17, 15) is 4.79 Å². The maximum absolute atomic E-state index is 13.1. The summed E-state index contributed by atoms with van der Waals surface area (Å²) in [4.78, 5) is 27.9. The molecular weight excluding hydrogens is 328 g/mol. The van der Waals surface area contributed by atoms with E-state index in [4.69, 9.17) is 11.6 Å². The second kappa shape index (κ2) is 6.84. The SMILES string of the molecule is Cc1nc([C@@H]2CCCCN2C(=O)c2nc(C(C)C)ncc2Cl)n[nH]1. The van der Waals surface area contributed by atoms with Crippen molar-refractivity contribution in [1.29, 1.82) is 0 Å². The number of likely N-dealkylation sites (tertiary alicyclic amines) is 1. The van der Waals surface area contributed by atoms with Gasteiger partial charge in [-0.2, -0.15) is 5.10 Å². The Morgan fingerprint density at radius 1 is 1.38 bits per heavy atom. The van der Waals surface area contributed by atoms with Gasteiger partial charge in [0.2, 0.25) is 0 Å². The molecule has 128 valence electrons. The molecule has 3 heterocycles. The Bertz CT molecular complexity index is 744. The van der Waals surface area contributed by atoms with E-state index in [2.05, 4.69) is 25.1 Å². The Morgan fingerprint density at radius 2 is 2.17 bits per heavy atom. The lowest BCUT2D eigenvalue weighted by molar-refractivity contribution is 0.0593. The third-order valence-corrected chi connectivity index (χ3v) is 4.43. The third kappa shape index (κ3) is 3.26. The molecule has 24 heavy (non-hydrogen) atoms. The zero-order valence-corrected chi connectivity index (χ0v) is 14.8. The van der Waals surface area contributed by atoms with Crippen molar-refractivity contribution in [3.63, 3.8) is 0 Å². The van der Waals surface area contributed by atoms with E-state index < -0.39 is 0 Å². The molecule has 0 aliphatic carbocycles. The number of piperidine rings is 1. The molecule has 0 spiro atoms. The predicted molar refractivity (Wildman–Crippen MR) is 89.9 cm³/mol. The molecule has 0 aromatic carbocycles. The molecule has 7 nitrogen and oxygen atoms in total. The van der Waals surface area contributed by atoms with E-state index in [1.165, 1.54) is 6.20 Å². The fourth-order valence-electron chi connectivity index (χ4n) is 2.90. The molecule has 0 radical (unpaired) electrons. The quantitative estimate of drug-likeness (QED) is 0.921. The van der Waals surface area contributed by atoms with Crippen LogP contribution in [0.1, 0.15) is 73.0 Å². The highest BCUT2D eigenvalue weighted by Gasteiger charge is 2.33. The zero-order chi connectivity index (χ0) is 17.3. The van der Waals surface area contributed by atoms with Crippen LogP contribution in [0.15, 0.2) is 6.20 Å². The van der Waals surface area contributed by atoms with E-state index in [1.807, 2.05) is 20.8 Å². The Hall–Kier alpha value is -2.02. The minimum absolute atomic E-state index is 0.127. The standard InChI is InChI=1S/C16H21ClN6O/c1-9(2)14-18-8-11(17)13(20-14)16(24)23-7-5-4-6-12(23)15-19-10(3)21-22-15/h8-9,12H,4-7H2,1-3H3,(H,19,21,22)/t12-/m0/s1. The Balaban J connectivity index is 1.93. The Morgan fingerprint density at radius 3 is 2.83 bits per heavy atom. The average Bonchev–Trinajstić information content (AvgIpc) is 3.01. The van der Waals surface area contributed by atoms with E-state index in [0.29, 0.717) is 18.2 Å². The first-order valence-electron chi connectivity index (χ1n) is 8.19. The van der Waals surface area contributed by atoms with E-state index >= 15 is 0 Å². The summed E-state index contributed by atoms with van der Waals surface area (Å²) in [5.74, 6) is 1.95. The van der Waals surface area contributed by atoms with Gasteiger partial charge in [-0.15, -0.1) is 0 Å². The second-order valence-corrected chi connectivity index (χ2v) is 6.78. The summed E-state index contributed by atoms with van der Waals surface area (Å²) in [6.07, 6.45) is 4.33. The first kappa shape index (κ1) is 16.8. The smallest absolute Gasteiger partial charge is 0.274 e. The number of aromatic nitrogens is 5. The average molecular weight is 349 g/mol. The molecule has 1 saturated heterocycles. The van der Waals surface area contributed by atoms with Crippen molar-refractivity contribution in [3.8, 4) is 0 Å². The number of carbonyl (C=O) groups excluding carboxylic acids is 1. The molecule has 1 aliphatic rings. The Kier molecular flexibility index (Phi) is 4.80. The van der Waals surface area contributed by atoms with Crippen LogP contribution in [0.3, 0.4) is 0 Å². The number of rotatable bonds is 3. The van der Waals surface area contributed by atoms with Crippen molar-refractivity contribution in [3.05, 3.63) is 34.4 Å². The van der Waals surface area contributed by atoms with E-state index in [0.717, 1.165) is 25.1 Å². The molecule has 0 saturated carbocycles. The number of hydrogen-bond donors (Lipinski definition) is 1. The summed E-state index contributed by atoms with van der Waals surface area (Å²) < 4.78 is 0. The highest BCUT2D eigenvalue weighted by Crippen LogP contribution is 2.31. The summed E-state index contributed by atoms with van der Waals surface area (Å²) in [5, 5.41) is 7.37. The first-order valence-corrected chi connectivity index (χ1v) is 8.57. The fraction of sp³-hybridized carbons (Fsp3) is 0.562. The topological polar surface area (TPSA) is 87.7 Å². The van der Waals surface area contributed by atoms with Gasteiger partial charge in [0.1, 0.15) is 11.6 Å². The summed E-state index contributed by atoms with van der Waals surface area (Å²) >= 11 is 6.20. The minimum atomic E-state index is -0.184. The molecule has 1 atom stereocenters. The summed E-state index contributed by atoms with van der Waals surface area (Å²) in [5.41, 5.74) is 0.259. The molecule has 2 aromatic heterocycles. The highest BCUT2D eigenvalue weighted by molar-refractivity contribution is 6.33. The largest absolute Gasteiger partial charge is 0.327 e. The van der Waals surface area contributed by atoms with Crippen LogP contribution in [-0.4, -0.2) is 42.5 Å². The molecule has 3 rings (SSSR count). The van der Waals surface area contributed by atoms with Gasteiger partial charge in [0, 0.05) is 12.5 Å². The van der Waals surface area contributed by atoms with Crippen LogP contribution < -0.4 is 0 Å². The molecule has 1 N–H and O–H groups in total. The number of aryl methyl sites for hydroxylation is 1. The van der Waals surface area contributed by atoms with Gasteiger partial charge in [-0.1, -0.05) is 25.4 Å². The molecule has 1 fully saturated rings. The number of nitrogens with zero attached hydrogens (tertiary/aromatic N) is 5. The van der Waals surface area contributed by atoms with Crippen LogP contribution in [0.5, 0.6) is 0 Å². The van der Waals surface area contributed by atoms with Gasteiger partial charge in [-0.05, 0) is 26.2 Å². The van der Waals surface area contributed by atoms with E-state index in [1.54, 1.807) is 4.90 Å². The van der Waals surface area contributed by atoms with Gasteiger partial charge in [0.05, 0.1) is 17.3 Å². The zero-order valence-electron chi connectivity index (χ0n) is 14.1. The summed E-state index contributed by atoms with van der Waals surface area (Å²) in [6.45, 7) is 6.46. The third-order valence-electron chi connectivity index (χ3n) is 4.16. The van der Waals surface area contributed by atoms with Crippen LogP contribution in [-0.2, 0) is 0 Å².